The molecule has 3 heteroatoms. The zero-order valence-corrected chi connectivity index (χ0v) is 4.26. The third kappa shape index (κ3) is 5.30. The highest BCUT2D eigenvalue weighted by molar-refractivity contribution is 4.85. The van der Waals surface area contributed by atoms with Crippen LogP contribution in [0.1, 0.15) is 6.92 Å². The summed E-state index contributed by atoms with van der Waals surface area (Å²) in [5.74, 6) is 0. The van der Waals surface area contributed by atoms with Crippen LogP contribution in [0.4, 0.5) is 0 Å². The molecule has 0 bridgehead atoms. The number of hydrogen-bond donors (Lipinski definition) is 2. The highest BCUT2D eigenvalue weighted by Crippen LogP contribution is 1.77. The number of nitrogens with one attached hydrogen (secondary N) is 1. The summed E-state index contributed by atoms with van der Waals surface area (Å²) in [7, 11) is 0. The molecule has 7 heavy (non-hydrogen) atoms. The monoisotopic (exact) mass is 99.1 g/mol. The van der Waals surface area contributed by atoms with Gasteiger partial charge in [0.05, 0.1) is 0 Å². The number of hydrogen-bond acceptors (Lipinski definition) is 3. The van der Waals surface area contributed by atoms with E-state index in [2.05, 4.69) is 5.11 Å². The van der Waals surface area contributed by atoms with E-state index >= 15 is 0 Å². The molecule has 0 aromatic carbocycles. The molecule has 0 saturated carbocycles. The Kier molecular flexibility index (Phi) is 3.14. The van der Waals surface area contributed by atoms with E-state index in [1.165, 1.54) is 6.20 Å². The molecule has 1 unspecified atom stereocenters. The maximum Gasteiger partial charge on any atom is 0.0464 e. The van der Waals surface area contributed by atoms with Gasteiger partial charge < -0.3 is 5.73 Å². The van der Waals surface area contributed by atoms with E-state index in [9.17, 15) is 0 Å². The third-order valence-corrected chi connectivity index (χ3v) is 0.464. The second kappa shape index (κ2) is 3.49. The number of nitrogens with zero attached hydrogens (tertiary/aromatic N) is 1. The molecule has 0 heterocycles. The first kappa shape index (κ1) is 6.30. The lowest BCUT2D eigenvalue weighted by Crippen LogP contribution is -2.09. The van der Waals surface area contributed by atoms with Gasteiger partial charge in [-0.25, -0.2) is 5.53 Å². The molecule has 0 aliphatic heterocycles. The number of rotatable bonds is 2. The molecule has 0 aromatic heterocycles. The van der Waals surface area contributed by atoms with Crippen molar-refractivity contribution >= 4 is 0 Å². The van der Waals surface area contributed by atoms with Crippen molar-refractivity contribution in [1.29, 1.82) is 5.53 Å². The maximum absolute atomic E-state index is 6.28. The summed E-state index contributed by atoms with van der Waals surface area (Å²) in [5, 5.41) is 2.97. The summed E-state index contributed by atoms with van der Waals surface area (Å²) in [6.45, 7) is 1.82. The normalized spacial score (nSPS) is 14.6. The molecular weight excluding hydrogens is 90.1 g/mol. The standard InChI is InChI=1S/C4H9N3/c1-4(5)2-3-7-6/h2-4,6H,5H2,1H3/b3-2-,7-6?. The Labute approximate surface area is 42.7 Å². The summed E-state index contributed by atoms with van der Waals surface area (Å²) >= 11 is 0. The van der Waals surface area contributed by atoms with Crippen LogP contribution >= 0.6 is 0 Å². The van der Waals surface area contributed by atoms with Crippen LogP contribution in [0.15, 0.2) is 17.4 Å². The molecule has 3 nitrogen and oxygen atoms in total. The molecule has 0 aliphatic carbocycles. The first-order chi connectivity index (χ1) is 3.27. The van der Waals surface area contributed by atoms with Gasteiger partial charge in [-0.3, -0.25) is 0 Å². The lowest BCUT2D eigenvalue weighted by atomic mass is 10.4. The quantitative estimate of drug-likeness (QED) is 0.496. The van der Waals surface area contributed by atoms with Gasteiger partial charge in [0.15, 0.2) is 0 Å². The minimum atomic E-state index is 0.00843. The SMILES string of the molecule is CC(N)/C=C\N=N. The van der Waals surface area contributed by atoms with Gasteiger partial charge in [-0.2, -0.15) is 5.11 Å². The van der Waals surface area contributed by atoms with Crippen LogP contribution in [0.3, 0.4) is 0 Å². The van der Waals surface area contributed by atoms with Crippen molar-refractivity contribution in [2.45, 2.75) is 13.0 Å². The molecule has 3 N–H and O–H groups in total. The van der Waals surface area contributed by atoms with E-state index in [1.807, 2.05) is 6.92 Å². The molecule has 0 radical (unpaired) electrons. The van der Waals surface area contributed by atoms with Crippen LogP contribution in [0.5, 0.6) is 0 Å². The van der Waals surface area contributed by atoms with Gasteiger partial charge in [0.2, 0.25) is 0 Å². The second-order valence-electron chi connectivity index (χ2n) is 1.33. The van der Waals surface area contributed by atoms with Crippen molar-refractivity contribution in [1.82, 2.24) is 0 Å². The van der Waals surface area contributed by atoms with Crippen LogP contribution in [0, 0.1) is 5.53 Å². The second-order valence-corrected chi connectivity index (χ2v) is 1.33. The van der Waals surface area contributed by atoms with Gasteiger partial charge in [0, 0.05) is 12.2 Å². The van der Waals surface area contributed by atoms with Crippen LogP contribution in [-0.4, -0.2) is 6.04 Å². The summed E-state index contributed by atoms with van der Waals surface area (Å²) in [6, 6.07) is 0.00843. The molecule has 0 aromatic rings. The fourth-order valence-corrected chi connectivity index (χ4v) is 0.179. The van der Waals surface area contributed by atoms with Gasteiger partial charge in [0.25, 0.3) is 0 Å². The molecule has 40 valence electrons. The van der Waals surface area contributed by atoms with Gasteiger partial charge in [-0.05, 0) is 13.0 Å². The average molecular weight is 99.1 g/mol. The van der Waals surface area contributed by atoms with E-state index < -0.39 is 0 Å². The third-order valence-electron chi connectivity index (χ3n) is 0.464. The first-order valence-electron chi connectivity index (χ1n) is 2.06. The van der Waals surface area contributed by atoms with Gasteiger partial charge >= 0.3 is 0 Å². The largest absolute Gasteiger partial charge is 0.325 e. The van der Waals surface area contributed by atoms with Gasteiger partial charge in [0.1, 0.15) is 0 Å². The predicted octanol–water partition coefficient (Wildman–Crippen LogP) is 0.878. The molecule has 0 amide bonds. The molecule has 0 fully saturated rings. The van der Waals surface area contributed by atoms with E-state index in [0.717, 1.165) is 0 Å². The molecule has 1 atom stereocenters. The van der Waals surface area contributed by atoms with Crippen LogP contribution in [0.25, 0.3) is 0 Å². The van der Waals surface area contributed by atoms with E-state index in [1.54, 1.807) is 6.08 Å². The van der Waals surface area contributed by atoms with Crippen LogP contribution < -0.4 is 5.73 Å². The number of nitrogens with two attached hydrogens (primary N) is 1. The highest BCUT2D eigenvalue weighted by Gasteiger charge is 1.78. The maximum atomic E-state index is 6.28. The predicted molar refractivity (Wildman–Crippen MR) is 27.9 cm³/mol. The summed E-state index contributed by atoms with van der Waals surface area (Å²) < 4.78 is 0. The van der Waals surface area contributed by atoms with Crippen molar-refractivity contribution in [2.24, 2.45) is 10.8 Å². The van der Waals surface area contributed by atoms with E-state index in [4.69, 9.17) is 11.3 Å². The average Bonchev–Trinajstić information content (AvgIpc) is 1.61. The molecular formula is C4H9N3. The van der Waals surface area contributed by atoms with Gasteiger partial charge in [-0.1, -0.05) is 0 Å². The Bertz CT molecular complexity index is 75.0. The highest BCUT2D eigenvalue weighted by atomic mass is 14.9. The van der Waals surface area contributed by atoms with E-state index in [-0.39, 0.29) is 6.04 Å². The smallest absolute Gasteiger partial charge is 0.0464 e. The Morgan fingerprint density at radius 3 is 2.57 bits per heavy atom. The topological polar surface area (TPSA) is 62.2 Å². The van der Waals surface area contributed by atoms with Crippen molar-refractivity contribution in [2.75, 3.05) is 0 Å². The minimum absolute atomic E-state index is 0.00843. The fourth-order valence-electron chi connectivity index (χ4n) is 0.179. The first-order valence-corrected chi connectivity index (χ1v) is 2.06. The Morgan fingerprint density at radius 2 is 2.43 bits per heavy atom. The Balaban J connectivity index is 3.25. The summed E-state index contributed by atoms with van der Waals surface area (Å²) in [6.07, 6.45) is 3.01. The van der Waals surface area contributed by atoms with Crippen LogP contribution in [0.2, 0.25) is 0 Å². The van der Waals surface area contributed by atoms with Gasteiger partial charge in [-0.15, -0.1) is 0 Å². The zero-order valence-electron chi connectivity index (χ0n) is 4.26. The minimum Gasteiger partial charge on any atom is -0.325 e. The summed E-state index contributed by atoms with van der Waals surface area (Å²) in [4.78, 5) is 0. The fraction of sp³-hybridized carbons (Fsp3) is 0.500. The molecule has 0 aliphatic rings. The lowest BCUT2D eigenvalue weighted by Gasteiger charge is -1.87. The van der Waals surface area contributed by atoms with Crippen LogP contribution in [-0.2, 0) is 0 Å². The lowest BCUT2D eigenvalue weighted by molar-refractivity contribution is 0.917. The van der Waals surface area contributed by atoms with Crippen molar-refractivity contribution in [3.63, 3.8) is 0 Å². The van der Waals surface area contributed by atoms with Crippen molar-refractivity contribution in [3.05, 3.63) is 12.3 Å². The summed E-state index contributed by atoms with van der Waals surface area (Å²) in [5.41, 5.74) is 11.5. The Hall–Kier alpha value is -0.700. The molecule has 0 spiro atoms. The molecule has 0 saturated heterocycles. The van der Waals surface area contributed by atoms with Crippen molar-refractivity contribution < 1.29 is 0 Å². The molecule has 0 rings (SSSR count). The van der Waals surface area contributed by atoms with E-state index in [0.29, 0.717) is 0 Å². The Morgan fingerprint density at radius 1 is 1.86 bits per heavy atom. The van der Waals surface area contributed by atoms with Crippen molar-refractivity contribution in [3.8, 4) is 0 Å². The zero-order chi connectivity index (χ0) is 5.70.